The molecule has 0 aliphatic heterocycles. The summed E-state index contributed by atoms with van der Waals surface area (Å²) >= 11 is 1.41. The first-order chi connectivity index (χ1) is 12.1. The molecule has 2 aromatic heterocycles. The van der Waals surface area contributed by atoms with E-state index in [1.165, 1.54) is 11.3 Å². The number of rotatable bonds is 6. The number of H-pyrrole nitrogens is 1. The lowest BCUT2D eigenvalue weighted by molar-refractivity contribution is -0.114. The molecule has 7 nitrogen and oxygen atoms in total. The fraction of sp³-hybridized carbons (Fsp3) is 0.235. The SMILES string of the molecule is CCOC(=O)c1[nH]c2ccc(C)cc2c1NC(=O)CNc1nccs1.I. The second-order valence-electron chi connectivity index (χ2n) is 5.38. The molecule has 138 valence electrons. The van der Waals surface area contributed by atoms with Gasteiger partial charge in [-0.25, -0.2) is 9.78 Å². The molecule has 1 amide bonds. The van der Waals surface area contributed by atoms with Crippen LogP contribution in [0.25, 0.3) is 10.9 Å². The molecule has 0 atom stereocenters. The Morgan fingerprint density at radius 2 is 2.15 bits per heavy atom. The van der Waals surface area contributed by atoms with Crippen LogP contribution in [-0.2, 0) is 9.53 Å². The highest BCUT2D eigenvalue weighted by atomic mass is 127. The van der Waals surface area contributed by atoms with Crippen molar-refractivity contribution in [2.45, 2.75) is 13.8 Å². The number of ether oxygens (including phenoxy) is 1. The molecule has 3 N–H and O–H groups in total. The molecule has 0 fully saturated rings. The van der Waals surface area contributed by atoms with E-state index in [0.717, 1.165) is 16.5 Å². The van der Waals surface area contributed by atoms with Gasteiger partial charge in [-0.2, -0.15) is 0 Å². The van der Waals surface area contributed by atoms with Gasteiger partial charge in [-0.3, -0.25) is 4.79 Å². The molecule has 3 aromatic rings. The van der Waals surface area contributed by atoms with Crippen LogP contribution in [0.1, 0.15) is 23.0 Å². The third-order valence-electron chi connectivity index (χ3n) is 3.53. The van der Waals surface area contributed by atoms with Gasteiger partial charge in [0.25, 0.3) is 0 Å². The number of amides is 1. The van der Waals surface area contributed by atoms with Crippen molar-refractivity contribution in [2.75, 3.05) is 23.8 Å². The molecule has 0 aliphatic carbocycles. The first-order valence-corrected chi connectivity index (χ1v) is 8.69. The zero-order valence-electron chi connectivity index (χ0n) is 14.3. The lowest BCUT2D eigenvalue weighted by Crippen LogP contribution is -2.23. The number of aromatic nitrogens is 2. The zero-order chi connectivity index (χ0) is 17.8. The van der Waals surface area contributed by atoms with Gasteiger partial charge in [-0.05, 0) is 26.0 Å². The zero-order valence-corrected chi connectivity index (χ0v) is 17.4. The number of aromatic amines is 1. The van der Waals surface area contributed by atoms with Gasteiger partial charge < -0.3 is 20.4 Å². The van der Waals surface area contributed by atoms with Crippen molar-refractivity contribution in [3.8, 4) is 0 Å². The third kappa shape index (κ3) is 4.52. The maximum atomic E-state index is 12.3. The molecule has 1 aromatic carbocycles. The van der Waals surface area contributed by atoms with E-state index in [4.69, 9.17) is 4.74 Å². The number of hydrogen-bond acceptors (Lipinski definition) is 6. The summed E-state index contributed by atoms with van der Waals surface area (Å²) in [6.45, 7) is 3.99. The minimum Gasteiger partial charge on any atom is -0.461 e. The molecule has 0 aliphatic rings. The number of nitrogens with one attached hydrogen (secondary N) is 3. The number of carbonyl (C=O) groups is 2. The fourth-order valence-corrected chi connectivity index (χ4v) is 2.97. The first-order valence-electron chi connectivity index (χ1n) is 7.81. The predicted molar refractivity (Wildman–Crippen MR) is 114 cm³/mol. The summed E-state index contributed by atoms with van der Waals surface area (Å²) < 4.78 is 5.08. The highest BCUT2D eigenvalue weighted by molar-refractivity contribution is 14.0. The Labute approximate surface area is 171 Å². The Morgan fingerprint density at radius 3 is 2.85 bits per heavy atom. The van der Waals surface area contributed by atoms with E-state index < -0.39 is 5.97 Å². The number of nitrogens with zero attached hydrogens (tertiary/aromatic N) is 1. The molecule has 3 rings (SSSR count). The normalized spacial score (nSPS) is 10.2. The first kappa shape index (κ1) is 20.2. The van der Waals surface area contributed by atoms with Gasteiger partial charge in [0.15, 0.2) is 5.13 Å². The Morgan fingerprint density at radius 1 is 1.35 bits per heavy atom. The molecule has 9 heteroatoms. The molecule has 0 unspecified atom stereocenters. The number of halogens is 1. The summed E-state index contributed by atoms with van der Waals surface area (Å²) in [4.78, 5) is 31.6. The topological polar surface area (TPSA) is 96.1 Å². The average Bonchev–Trinajstić information content (AvgIpc) is 3.21. The van der Waals surface area contributed by atoms with Gasteiger partial charge in [0.2, 0.25) is 5.91 Å². The maximum Gasteiger partial charge on any atom is 0.356 e. The summed E-state index contributed by atoms with van der Waals surface area (Å²) in [6.07, 6.45) is 1.66. The molecule has 2 heterocycles. The number of aryl methyl sites for hydroxylation is 1. The Bertz CT molecular complexity index is 908. The Balaban J connectivity index is 0.00000243. The van der Waals surface area contributed by atoms with E-state index in [1.807, 2.05) is 30.5 Å². The highest BCUT2D eigenvalue weighted by Crippen LogP contribution is 2.29. The van der Waals surface area contributed by atoms with Crippen LogP contribution in [0.5, 0.6) is 0 Å². The van der Waals surface area contributed by atoms with Gasteiger partial charge in [0.1, 0.15) is 5.69 Å². The van der Waals surface area contributed by atoms with E-state index in [9.17, 15) is 9.59 Å². The molecular weight excluding hydrogens is 467 g/mol. The second kappa shape index (κ2) is 8.99. The van der Waals surface area contributed by atoms with E-state index in [-0.39, 0.29) is 48.7 Å². The maximum absolute atomic E-state index is 12.3. The van der Waals surface area contributed by atoms with Crippen LogP contribution in [0.2, 0.25) is 0 Å². The van der Waals surface area contributed by atoms with Crippen molar-refractivity contribution >= 4 is 68.9 Å². The van der Waals surface area contributed by atoms with Crippen molar-refractivity contribution in [3.05, 3.63) is 41.0 Å². The molecular formula is C17H19IN4O3S. The minimum atomic E-state index is -0.500. The van der Waals surface area contributed by atoms with E-state index in [0.29, 0.717) is 10.8 Å². The summed E-state index contributed by atoms with van der Waals surface area (Å²) in [5.74, 6) is -0.775. The number of thiazole rings is 1. The number of benzene rings is 1. The van der Waals surface area contributed by atoms with E-state index in [1.54, 1.807) is 13.1 Å². The van der Waals surface area contributed by atoms with E-state index >= 15 is 0 Å². The van der Waals surface area contributed by atoms with Crippen molar-refractivity contribution in [3.63, 3.8) is 0 Å². The number of fused-ring (bicyclic) bond motifs is 1. The third-order valence-corrected chi connectivity index (χ3v) is 4.26. The van der Waals surface area contributed by atoms with Crippen LogP contribution >= 0.6 is 35.3 Å². The molecule has 0 radical (unpaired) electrons. The number of esters is 1. The van der Waals surface area contributed by atoms with Gasteiger partial charge >= 0.3 is 5.97 Å². The molecule has 0 spiro atoms. The van der Waals surface area contributed by atoms with Crippen LogP contribution in [0.3, 0.4) is 0 Å². The minimum absolute atomic E-state index is 0. The summed E-state index contributed by atoms with van der Waals surface area (Å²) in [6, 6.07) is 5.72. The smallest absolute Gasteiger partial charge is 0.356 e. The monoisotopic (exact) mass is 486 g/mol. The van der Waals surface area contributed by atoms with Crippen LogP contribution in [0.4, 0.5) is 10.8 Å². The van der Waals surface area contributed by atoms with Gasteiger partial charge in [-0.15, -0.1) is 35.3 Å². The average molecular weight is 486 g/mol. The summed E-state index contributed by atoms with van der Waals surface area (Å²) in [7, 11) is 0. The van der Waals surface area contributed by atoms with Crippen molar-refractivity contribution in [2.24, 2.45) is 0 Å². The molecule has 0 saturated carbocycles. The van der Waals surface area contributed by atoms with Crippen LogP contribution in [-0.4, -0.2) is 35.0 Å². The lowest BCUT2D eigenvalue weighted by atomic mass is 10.1. The predicted octanol–water partition coefficient (Wildman–Crippen LogP) is 3.78. The van der Waals surface area contributed by atoms with Gasteiger partial charge in [-0.1, -0.05) is 11.6 Å². The van der Waals surface area contributed by atoms with Crippen LogP contribution < -0.4 is 10.6 Å². The van der Waals surface area contributed by atoms with Crippen LogP contribution in [0, 0.1) is 6.92 Å². The van der Waals surface area contributed by atoms with Crippen molar-refractivity contribution < 1.29 is 14.3 Å². The summed E-state index contributed by atoms with van der Waals surface area (Å²) in [5.41, 5.74) is 2.46. The van der Waals surface area contributed by atoms with Crippen molar-refractivity contribution in [1.29, 1.82) is 0 Å². The number of hydrogen-bond donors (Lipinski definition) is 3. The van der Waals surface area contributed by atoms with Gasteiger partial charge in [0.05, 0.1) is 18.8 Å². The Hall–Kier alpha value is -2.14. The second-order valence-corrected chi connectivity index (χ2v) is 6.28. The quantitative estimate of drug-likeness (QED) is 0.364. The lowest BCUT2D eigenvalue weighted by Gasteiger charge is -2.08. The van der Waals surface area contributed by atoms with Crippen molar-refractivity contribution in [1.82, 2.24) is 9.97 Å². The molecule has 0 saturated heterocycles. The van der Waals surface area contributed by atoms with Crippen LogP contribution in [0.15, 0.2) is 29.8 Å². The molecule has 26 heavy (non-hydrogen) atoms. The number of anilines is 2. The standard InChI is InChI=1S/C17H18N4O3S.HI/c1-3-24-16(23)15-14(11-8-10(2)4-5-12(11)20-15)21-13(22)9-19-17-18-6-7-25-17;/h4-8,20H,3,9H2,1-2H3,(H,18,19)(H,21,22);1H. The van der Waals surface area contributed by atoms with E-state index in [2.05, 4.69) is 20.6 Å². The van der Waals surface area contributed by atoms with Gasteiger partial charge in [0, 0.05) is 22.5 Å². The largest absolute Gasteiger partial charge is 0.461 e. The fourth-order valence-electron chi connectivity index (χ4n) is 2.44. The highest BCUT2D eigenvalue weighted by Gasteiger charge is 2.20. The number of carbonyl (C=O) groups excluding carboxylic acids is 2. The molecule has 0 bridgehead atoms. The Kier molecular flexibility index (Phi) is 6.98. The summed E-state index contributed by atoms with van der Waals surface area (Å²) in [5, 5.41) is 9.00.